The summed E-state index contributed by atoms with van der Waals surface area (Å²) in [7, 11) is 1.60. The Balaban J connectivity index is 1.53. The second-order valence-electron chi connectivity index (χ2n) is 7.58. The number of methoxy groups -OCH3 is 1. The molecule has 1 fully saturated rings. The molecule has 7 heteroatoms. The van der Waals surface area contributed by atoms with Gasteiger partial charge in [0.2, 0.25) is 11.8 Å². The van der Waals surface area contributed by atoms with Crippen molar-refractivity contribution in [3.63, 3.8) is 0 Å². The first-order valence-electron chi connectivity index (χ1n) is 10.7. The molecule has 0 saturated carbocycles. The smallest absolute Gasteiger partial charge is 0.243 e. The number of carbonyl (C=O) groups is 2. The van der Waals surface area contributed by atoms with Crippen LogP contribution in [0.2, 0.25) is 0 Å². The average molecular weight is 439 g/mol. The molecular weight excluding hydrogens is 408 g/mol. The molecule has 0 spiro atoms. The van der Waals surface area contributed by atoms with E-state index in [0.717, 1.165) is 36.1 Å². The fraction of sp³-hybridized carbons (Fsp3) is 0.360. The van der Waals surface area contributed by atoms with Crippen LogP contribution < -0.4 is 20.1 Å². The fourth-order valence-electron chi connectivity index (χ4n) is 3.49. The maximum Gasteiger partial charge on any atom is 0.243 e. The van der Waals surface area contributed by atoms with Crippen LogP contribution in [-0.2, 0) is 33.8 Å². The Hall–Kier alpha value is -3.32. The molecule has 1 unspecified atom stereocenters. The second-order valence-corrected chi connectivity index (χ2v) is 7.58. The first-order valence-corrected chi connectivity index (χ1v) is 10.7. The highest BCUT2D eigenvalue weighted by atomic mass is 16.5. The van der Waals surface area contributed by atoms with E-state index >= 15 is 0 Å². The maximum absolute atomic E-state index is 12.5. The van der Waals surface area contributed by atoms with Gasteiger partial charge in [0, 0.05) is 19.7 Å². The van der Waals surface area contributed by atoms with Crippen molar-refractivity contribution in [2.24, 2.45) is 0 Å². The largest absolute Gasteiger partial charge is 0.493 e. The van der Waals surface area contributed by atoms with E-state index in [1.807, 2.05) is 42.5 Å². The molecule has 2 aromatic rings. The number of ether oxygens (including phenoxy) is 3. The van der Waals surface area contributed by atoms with E-state index in [9.17, 15) is 9.59 Å². The van der Waals surface area contributed by atoms with Crippen LogP contribution in [0.5, 0.6) is 11.5 Å². The van der Waals surface area contributed by atoms with Gasteiger partial charge in [-0.1, -0.05) is 36.9 Å². The lowest BCUT2D eigenvalue weighted by Crippen LogP contribution is -2.26. The van der Waals surface area contributed by atoms with Gasteiger partial charge in [0.1, 0.15) is 6.61 Å². The highest BCUT2D eigenvalue weighted by Crippen LogP contribution is 2.29. The molecular formula is C25H30N2O5. The number of rotatable bonds is 11. The van der Waals surface area contributed by atoms with E-state index in [1.165, 1.54) is 6.08 Å². The van der Waals surface area contributed by atoms with Gasteiger partial charge in [-0.15, -0.1) is 0 Å². The zero-order chi connectivity index (χ0) is 22.8. The van der Waals surface area contributed by atoms with Crippen LogP contribution in [0, 0.1) is 0 Å². The number of nitrogens with one attached hydrogen (secondary N) is 2. The Morgan fingerprint density at radius 3 is 2.66 bits per heavy atom. The van der Waals surface area contributed by atoms with Gasteiger partial charge in [0.15, 0.2) is 11.5 Å². The highest BCUT2D eigenvalue weighted by Gasteiger charge is 2.17. The summed E-state index contributed by atoms with van der Waals surface area (Å²) < 4.78 is 16.9. The van der Waals surface area contributed by atoms with Crippen molar-refractivity contribution < 1.29 is 23.8 Å². The minimum atomic E-state index is -0.249. The van der Waals surface area contributed by atoms with Crippen LogP contribution in [0.3, 0.4) is 0 Å². The summed E-state index contributed by atoms with van der Waals surface area (Å²) in [5.41, 5.74) is 2.67. The van der Waals surface area contributed by atoms with E-state index in [4.69, 9.17) is 14.2 Å². The predicted octanol–water partition coefficient (Wildman–Crippen LogP) is 2.91. The lowest BCUT2D eigenvalue weighted by Gasteiger charge is -2.15. The molecule has 1 aliphatic heterocycles. The van der Waals surface area contributed by atoms with Crippen LogP contribution in [0.15, 0.2) is 55.1 Å². The van der Waals surface area contributed by atoms with Crippen molar-refractivity contribution in [3.8, 4) is 11.5 Å². The summed E-state index contributed by atoms with van der Waals surface area (Å²) >= 11 is 0. The second kappa shape index (κ2) is 11.9. The molecule has 1 heterocycles. The molecule has 7 nitrogen and oxygen atoms in total. The Bertz CT molecular complexity index is 938. The van der Waals surface area contributed by atoms with Crippen LogP contribution in [0.1, 0.15) is 29.5 Å². The third-order valence-corrected chi connectivity index (χ3v) is 5.27. The quantitative estimate of drug-likeness (QED) is 0.527. The van der Waals surface area contributed by atoms with Gasteiger partial charge >= 0.3 is 0 Å². The SMILES string of the molecule is C=CC(=O)NCc1ccccc1CC(=O)NCc1ccc(OCC2CCCO2)c(OC)c1. The molecule has 0 radical (unpaired) electrons. The first kappa shape index (κ1) is 23.3. The maximum atomic E-state index is 12.5. The molecule has 2 amide bonds. The minimum absolute atomic E-state index is 0.106. The summed E-state index contributed by atoms with van der Waals surface area (Å²) in [6.07, 6.45) is 3.66. The van der Waals surface area contributed by atoms with Gasteiger partial charge in [0.25, 0.3) is 0 Å². The van der Waals surface area contributed by atoms with Gasteiger partial charge in [-0.2, -0.15) is 0 Å². The molecule has 3 rings (SSSR count). The van der Waals surface area contributed by atoms with Gasteiger partial charge in [-0.05, 0) is 47.7 Å². The van der Waals surface area contributed by atoms with Crippen LogP contribution in [0.4, 0.5) is 0 Å². The average Bonchev–Trinajstić information content (AvgIpc) is 3.34. The summed E-state index contributed by atoms with van der Waals surface area (Å²) in [6.45, 7) is 5.45. The van der Waals surface area contributed by atoms with Crippen molar-refractivity contribution in [2.45, 2.75) is 38.5 Å². The molecule has 2 aromatic carbocycles. The molecule has 0 bridgehead atoms. The van der Waals surface area contributed by atoms with Crippen molar-refractivity contribution in [1.82, 2.24) is 10.6 Å². The first-order chi connectivity index (χ1) is 15.6. The van der Waals surface area contributed by atoms with E-state index in [2.05, 4.69) is 17.2 Å². The lowest BCUT2D eigenvalue weighted by molar-refractivity contribution is -0.120. The van der Waals surface area contributed by atoms with E-state index < -0.39 is 0 Å². The van der Waals surface area contributed by atoms with Crippen molar-refractivity contribution in [1.29, 1.82) is 0 Å². The Morgan fingerprint density at radius 1 is 1.12 bits per heavy atom. The van der Waals surface area contributed by atoms with Crippen molar-refractivity contribution in [3.05, 3.63) is 71.8 Å². The summed E-state index contributed by atoms with van der Waals surface area (Å²) in [4.78, 5) is 23.9. The van der Waals surface area contributed by atoms with Crippen LogP contribution in [-0.4, -0.2) is 38.2 Å². The molecule has 2 N–H and O–H groups in total. The molecule has 170 valence electrons. The van der Waals surface area contributed by atoms with E-state index in [0.29, 0.717) is 31.2 Å². The van der Waals surface area contributed by atoms with Crippen LogP contribution in [0.25, 0.3) is 0 Å². The van der Waals surface area contributed by atoms with Crippen LogP contribution >= 0.6 is 0 Å². The molecule has 1 aliphatic rings. The number of carbonyl (C=O) groups excluding carboxylic acids is 2. The monoisotopic (exact) mass is 438 g/mol. The zero-order valence-corrected chi connectivity index (χ0v) is 18.4. The van der Waals surface area contributed by atoms with Crippen molar-refractivity contribution >= 4 is 11.8 Å². The number of benzene rings is 2. The summed E-state index contributed by atoms with van der Waals surface area (Å²) in [5.74, 6) is 0.929. The molecule has 0 aliphatic carbocycles. The predicted molar refractivity (Wildman–Crippen MR) is 121 cm³/mol. The Morgan fingerprint density at radius 2 is 1.94 bits per heavy atom. The van der Waals surface area contributed by atoms with Gasteiger partial charge < -0.3 is 24.8 Å². The fourth-order valence-corrected chi connectivity index (χ4v) is 3.49. The normalized spacial score (nSPS) is 15.1. The third-order valence-electron chi connectivity index (χ3n) is 5.27. The van der Waals surface area contributed by atoms with E-state index in [1.54, 1.807) is 7.11 Å². The van der Waals surface area contributed by atoms with Gasteiger partial charge in [-0.25, -0.2) is 0 Å². The van der Waals surface area contributed by atoms with E-state index in [-0.39, 0.29) is 24.3 Å². The Kier molecular flexibility index (Phi) is 8.69. The minimum Gasteiger partial charge on any atom is -0.493 e. The number of hydrogen-bond donors (Lipinski definition) is 2. The molecule has 1 atom stereocenters. The summed E-state index contributed by atoms with van der Waals surface area (Å²) in [6, 6.07) is 13.2. The standard InChI is InChI=1S/C25H30N2O5/c1-3-24(28)27-16-20-8-5-4-7-19(20)14-25(29)26-15-18-10-11-22(23(13-18)30-2)32-17-21-9-6-12-31-21/h3-5,7-8,10-11,13,21H,1,6,9,12,14-17H2,2H3,(H,26,29)(H,27,28). The summed E-state index contributed by atoms with van der Waals surface area (Å²) in [5, 5.41) is 5.68. The molecule has 1 saturated heterocycles. The van der Waals surface area contributed by atoms with Crippen molar-refractivity contribution in [2.75, 3.05) is 20.3 Å². The molecule has 32 heavy (non-hydrogen) atoms. The molecule has 0 aromatic heterocycles. The van der Waals surface area contributed by atoms with Gasteiger partial charge in [-0.3, -0.25) is 9.59 Å². The number of hydrogen-bond acceptors (Lipinski definition) is 5. The number of amides is 2. The lowest BCUT2D eigenvalue weighted by atomic mass is 10.0. The zero-order valence-electron chi connectivity index (χ0n) is 18.4. The highest BCUT2D eigenvalue weighted by molar-refractivity contribution is 5.86. The Labute approximate surface area is 188 Å². The third kappa shape index (κ3) is 6.85. The topological polar surface area (TPSA) is 85.9 Å². The van der Waals surface area contributed by atoms with Gasteiger partial charge in [0.05, 0.1) is 19.6 Å².